The lowest BCUT2D eigenvalue weighted by atomic mass is 10.1. The van der Waals surface area contributed by atoms with Gasteiger partial charge in [0, 0.05) is 31.9 Å². The molecule has 10 heteroatoms. The summed E-state index contributed by atoms with van der Waals surface area (Å²) in [6.45, 7) is 7.91. The summed E-state index contributed by atoms with van der Waals surface area (Å²) in [5.41, 5.74) is 2.28. The van der Waals surface area contributed by atoms with Gasteiger partial charge in [-0.2, -0.15) is 0 Å². The second-order valence-electron chi connectivity index (χ2n) is 7.73. The number of amides is 1. The maximum atomic E-state index is 12.7. The van der Waals surface area contributed by atoms with E-state index in [4.69, 9.17) is 4.74 Å². The Balaban J connectivity index is 1.55. The van der Waals surface area contributed by atoms with Crippen LogP contribution in [0.4, 0.5) is 5.00 Å². The first-order chi connectivity index (χ1) is 15.8. The summed E-state index contributed by atoms with van der Waals surface area (Å²) in [6, 6.07) is 8.34. The molecule has 172 valence electrons. The normalized spacial score (nSPS) is 11.3. The smallest absolute Gasteiger partial charge is 0.341 e. The predicted octanol–water partition coefficient (Wildman–Crippen LogP) is 5.94. The number of thiophene rings is 2. The topological polar surface area (TPSA) is 86.1 Å². The van der Waals surface area contributed by atoms with Crippen molar-refractivity contribution in [3.05, 3.63) is 45.6 Å². The van der Waals surface area contributed by atoms with Crippen LogP contribution in [0.3, 0.4) is 0 Å². The first-order valence-corrected chi connectivity index (χ1v) is 13.0. The molecule has 1 N–H and O–H groups in total. The largest absolute Gasteiger partial charge is 0.465 e. The number of nitrogens with one attached hydrogen (secondary N) is 1. The fourth-order valence-corrected chi connectivity index (χ4v) is 6.40. The van der Waals surface area contributed by atoms with Crippen LogP contribution in [0.1, 0.15) is 40.7 Å². The zero-order chi connectivity index (χ0) is 23.7. The predicted molar refractivity (Wildman–Crippen MR) is 136 cm³/mol. The summed E-state index contributed by atoms with van der Waals surface area (Å²) in [5, 5.41) is 16.2. The van der Waals surface area contributed by atoms with Crippen LogP contribution in [-0.4, -0.2) is 39.5 Å². The highest BCUT2D eigenvalue weighted by Crippen LogP contribution is 2.36. The van der Waals surface area contributed by atoms with Crippen LogP contribution in [0.25, 0.3) is 21.5 Å². The van der Waals surface area contributed by atoms with E-state index in [0.29, 0.717) is 15.7 Å². The molecule has 0 aliphatic heterocycles. The summed E-state index contributed by atoms with van der Waals surface area (Å²) in [4.78, 5) is 25.9. The number of benzene rings is 1. The Morgan fingerprint density at radius 1 is 1.21 bits per heavy atom. The van der Waals surface area contributed by atoms with E-state index in [9.17, 15) is 9.59 Å². The lowest BCUT2D eigenvalue weighted by molar-refractivity contribution is -0.113. The maximum absolute atomic E-state index is 12.7. The molecule has 4 rings (SSSR count). The van der Waals surface area contributed by atoms with Crippen molar-refractivity contribution in [2.24, 2.45) is 0 Å². The first-order valence-electron chi connectivity index (χ1n) is 10.3. The minimum absolute atomic E-state index is 0.118. The number of carbonyl (C=O) groups excluding carboxylic acids is 2. The van der Waals surface area contributed by atoms with Gasteiger partial charge >= 0.3 is 5.97 Å². The van der Waals surface area contributed by atoms with Gasteiger partial charge in [-0.05, 0) is 39.3 Å². The van der Waals surface area contributed by atoms with Gasteiger partial charge < -0.3 is 10.1 Å². The molecule has 1 aromatic carbocycles. The van der Waals surface area contributed by atoms with Gasteiger partial charge in [-0.1, -0.05) is 30.0 Å². The van der Waals surface area contributed by atoms with Crippen molar-refractivity contribution in [1.29, 1.82) is 0 Å². The molecule has 0 saturated heterocycles. The molecule has 0 saturated carbocycles. The average Bonchev–Trinajstić information content (AvgIpc) is 3.47. The number of esters is 1. The third-order valence-corrected chi connectivity index (χ3v) is 8.29. The van der Waals surface area contributed by atoms with Crippen LogP contribution in [0.15, 0.2) is 34.8 Å². The van der Waals surface area contributed by atoms with Gasteiger partial charge in [0.2, 0.25) is 5.91 Å². The minimum Gasteiger partial charge on any atom is -0.465 e. The SMILES string of the molecule is COC(=O)c1c(NC(=O)CSc2nnc(-c3csc4ccccc34)n2C(C)C)sc(C)c1C. The number of thioether (sulfide) groups is 1. The van der Waals surface area contributed by atoms with Crippen molar-refractivity contribution in [2.75, 3.05) is 18.2 Å². The molecular formula is C23H24N4O3S3. The van der Waals surface area contributed by atoms with E-state index < -0.39 is 5.97 Å². The van der Waals surface area contributed by atoms with Gasteiger partial charge in [0.05, 0.1) is 18.4 Å². The van der Waals surface area contributed by atoms with Crippen molar-refractivity contribution >= 4 is 61.4 Å². The molecule has 3 heterocycles. The molecule has 4 aromatic rings. The third kappa shape index (κ3) is 4.55. The van der Waals surface area contributed by atoms with Gasteiger partial charge in [0.1, 0.15) is 5.00 Å². The van der Waals surface area contributed by atoms with Gasteiger partial charge in [-0.15, -0.1) is 32.9 Å². The van der Waals surface area contributed by atoms with Crippen LogP contribution in [-0.2, 0) is 9.53 Å². The third-order valence-electron chi connectivity index (χ3n) is 5.26. The Morgan fingerprint density at radius 2 is 1.97 bits per heavy atom. The number of aryl methyl sites for hydroxylation is 1. The van der Waals surface area contributed by atoms with Crippen molar-refractivity contribution < 1.29 is 14.3 Å². The van der Waals surface area contributed by atoms with Crippen molar-refractivity contribution in [1.82, 2.24) is 14.8 Å². The molecule has 1 amide bonds. The van der Waals surface area contributed by atoms with Crippen molar-refractivity contribution in [3.63, 3.8) is 0 Å². The molecule has 7 nitrogen and oxygen atoms in total. The van der Waals surface area contributed by atoms with Crippen molar-refractivity contribution in [2.45, 2.75) is 38.9 Å². The highest BCUT2D eigenvalue weighted by atomic mass is 32.2. The van der Waals surface area contributed by atoms with Crippen LogP contribution in [0, 0.1) is 13.8 Å². The average molecular weight is 501 g/mol. The number of carbonyl (C=O) groups is 2. The molecule has 0 fully saturated rings. The fourth-order valence-electron chi connectivity index (χ4n) is 3.53. The van der Waals surface area contributed by atoms with E-state index in [0.717, 1.165) is 27.2 Å². The van der Waals surface area contributed by atoms with Gasteiger partial charge in [-0.25, -0.2) is 4.79 Å². The van der Waals surface area contributed by atoms with E-state index in [-0.39, 0.29) is 17.7 Å². The number of fused-ring (bicyclic) bond motifs is 1. The standard InChI is InChI=1S/C23H24N4O3S3/c1-12(2)27-20(16-10-31-17-9-7-6-8-15(16)17)25-26-23(27)32-11-18(28)24-21-19(22(29)30-5)13(3)14(4)33-21/h6-10,12H,11H2,1-5H3,(H,24,28). The van der Waals surface area contributed by atoms with E-state index in [1.165, 1.54) is 34.9 Å². The monoisotopic (exact) mass is 500 g/mol. The highest BCUT2D eigenvalue weighted by molar-refractivity contribution is 7.99. The Hall–Kier alpha value is -2.69. The van der Waals surface area contributed by atoms with Crippen LogP contribution >= 0.6 is 34.4 Å². The van der Waals surface area contributed by atoms with Gasteiger partial charge in [-0.3, -0.25) is 9.36 Å². The van der Waals surface area contributed by atoms with Gasteiger partial charge in [0.15, 0.2) is 11.0 Å². The Bertz CT molecular complexity index is 1340. The van der Waals surface area contributed by atoms with Gasteiger partial charge in [0.25, 0.3) is 0 Å². The number of aromatic nitrogens is 3. The number of anilines is 1. The van der Waals surface area contributed by atoms with Crippen molar-refractivity contribution in [3.8, 4) is 11.4 Å². The molecular weight excluding hydrogens is 476 g/mol. The molecule has 0 aliphatic rings. The zero-order valence-electron chi connectivity index (χ0n) is 19.0. The second-order valence-corrected chi connectivity index (χ2v) is 10.8. The van der Waals surface area contributed by atoms with E-state index >= 15 is 0 Å². The first kappa shape index (κ1) is 23.5. The summed E-state index contributed by atoms with van der Waals surface area (Å²) in [5.74, 6) is 0.272. The van der Waals surface area contributed by atoms with Crippen LogP contribution in [0.5, 0.6) is 0 Å². The summed E-state index contributed by atoms with van der Waals surface area (Å²) >= 11 is 4.38. The molecule has 0 spiro atoms. The number of methoxy groups -OCH3 is 1. The van der Waals surface area contributed by atoms with E-state index in [2.05, 4.69) is 51.4 Å². The lowest BCUT2D eigenvalue weighted by Crippen LogP contribution is -2.16. The molecule has 0 bridgehead atoms. The van der Waals surface area contributed by atoms with E-state index in [1.54, 1.807) is 11.3 Å². The molecule has 33 heavy (non-hydrogen) atoms. The number of rotatable bonds is 7. The molecule has 0 atom stereocenters. The molecule has 0 unspecified atom stereocenters. The minimum atomic E-state index is -0.452. The number of ether oxygens (including phenoxy) is 1. The Labute approximate surface area is 204 Å². The Kier molecular flexibility index (Phi) is 6.87. The zero-order valence-corrected chi connectivity index (χ0v) is 21.4. The van der Waals surface area contributed by atoms with E-state index in [1.807, 2.05) is 26.0 Å². The van der Waals surface area contributed by atoms with Crippen LogP contribution < -0.4 is 5.32 Å². The highest BCUT2D eigenvalue weighted by Gasteiger charge is 2.23. The maximum Gasteiger partial charge on any atom is 0.341 e. The molecule has 0 radical (unpaired) electrons. The number of hydrogen-bond donors (Lipinski definition) is 1. The summed E-state index contributed by atoms with van der Waals surface area (Å²) in [6.07, 6.45) is 0. The number of nitrogens with zero attached hydrogens (tertiary/aromatic N) is 3. The number of hydrogen-bond acceptors (Lipinski definition) is 8. The second kappa shape index (κ2) is 9.66. The lowest BCUT2D eigenvalue weighted by Gasteiger charge is -2.13. The molecule has 3 aromatic heterocycles. The Morgan fingerprint density at radius 3 is 2.70 bits per heavy atom. The quantitative estimate of drug-likeness (QED) is 0.250. The summed E-state index contributed by atoms with van der Waals surface area (Å²) in [7, 11) is 1.34. The molecule has 0 aliphatic carbocycles. The summed E-state index contributed by atoms with van der Waals surface area (Å²) < 4.78 is 8.14. The van der Waals surface area contributed by atoms with Crippen LogP contribution in [0.2, 0.25) is 0 Å². The fraction of sp³-hybridized carbons (Fsp3) is 0.304.